The fourth-order valence-electron chi connectivity index (χ4n) is 1.34. The highest BCUT2D eigenvalue weighted by atomic mass is 32.2. The normalized spacial score (nSPS) is 10.7. The van der Waals surface area contributed by atoms with Crippen LogP contribution in [0.3, 0.4) is 0 Å². The first-order chi connectivity index (χ1) is 7.16. The zero-order chi connectivity index (χ0) is 10.8. The first-order valence-electron chi connectivity index (χ1n) is 4.20. The third-order valence-corrected chi connectivity index (χ3v) is 2.35. The monoisotopic (exact) mass is 224 g/mol. The van der Waals surface area contributed by atoms with Crippen LogP contribution in [0.25, 0.3) is 10.9 Å². The van der Waals surface area contributed by atoms with E-state index in [9.17, 15) is 13.2 Å². The standard InChI is InChI=1S/C9H8N2O3S/c12-9(11-15(13)14)8-5-6-3-1-2-4-7(6)10-8/h1-5,10,15H,(H,11,12,13,14). The Bertz CT molecular complexity index is 545. The third kappa shape index (κ3) is 1.99. The van der Waals surface area contributed by atoms with Crippen molar-refractivity contribution in [1.29, 1.82) is 0 Å². The lowest BCUT2D eigenvalue weighted by Crippen LogP contribution is -2.21. The van der Waals surface area contributed by atoms with Crippen molar-refractivity contribution in [1.82, 2.24) is 9.71 Å². The molecule has 0 saturated heterocycles. The topological polar surface area (TPSA) is 79.0 Å². The van der Waals surface area contributed by atoms with Gasteiger partial charge in [0.1, 0.15) is 5.69 Å². The van der Waals surface area contributed by atoms with Gasteiger partial charge in [0.15, 0.2) is 0 Å². The molecule has 2 N–H and O–H groups in total. The number of fused-ring (bicyclic) bond motifs is 1. The lowest BCUT2D eigenvalue weighted by Gasteiger charge is -1.92. The highest BCUT2D eigenvalue weighted by Gasteiger charge is 2.08. The molecule has 2 aromatic rings. The van der Waals surface area contributed by atoms with Crippen molar-refractivity contribution < 1.29 is 13.2 Å². The Kier molecular flexibility index (Phi) is 2.42. The summed E-state index contributed by atoms with van der Waals surface area (Å²) in [5.74, 6) is -0.651. The first kappa shape index (κ1) is 9.72. The Hall–Kier alpha value is -1.82. The smallest absolute Gasteiger partial charge is 0.280 e. The number of H-pyrrole nitrogens is 1. The molecule has 0 spiro atoms. The number of aromatic amines is 1. The van der Waals surface area contributed by atoms with E-state index in [1.807, 2.05) is 24.3 Å². The second kappa shape index (κ2) is 3.74. The number of rotatable bonds is 2. The molecule has 0 saturated carbocycles. The minimum atomic E-state index is -2.91. The molecule has 1 heterocycles. The second-order valence-corrected chi connectivity index (χ2v) is 3.71. The van der Waals surface area contributed by atoms with Crippen LogP contribution in [0.15, 0.2) is 30.3 Å². The quantitative estimate of drug-likeness (QED) is 0.647. The van der Waals surface area contributed by atoms with Gasteiger partial charge in [0.25, 0.3) is 5.91 Å². The van der Waals surface area contributed by atoms with E-state index in [1.54, 1.807) is 10.8 Å². The van der Waals surface area contributed by atoms with Crippen molar-refractivity contribution in [2.45, 2.75) is 0 Å². The van der Waals surface area contributed by atoms with Gasteiger partial charge in [-0.1, -0.05) is 18.2 Å². The van der Waals surface area contributed by atoms with Gasteiger partial charge < -0.3 is 4.98 Å². The molecule has 0 fully saturated rings. The molecule has 0 bridgehead atoms. The molecular formula is C9H8N2O3S. The van der Waals surface area contributed by atoms with Crippen LogP contribution in [-0.4, -0.2) is 19.3 Å². The maximum Gasteiger partial charge on any atom is 0.280 e. The minimum absolute atomic E-state index is 0.232. The summed E-state index contributed by atoms with van der Waals surface area (Å²) in [5, 5.41) is 0.865. The zero-order valence-electron chi connectivity index (χ0n) is 7.56. The van der Waals surface area contributed by atoms with Crippen LogP contribution < -0.4 is 4.72 Å². The van der Waals surface area contributed by atoms with Gasteiger partial charge in [0.2, 0.25) is 10.9 Å². The van der Waals surface area contributed by atoms with Crippen molar-refractivity contribution in [3.63, 3.8) is 0 Å². The van der Waals surface area contributed by atoms with Crippen LogP contribution in [0, 0.1) is 0 Å². The molecule has 6 heteroatoms. The van der Waals surface area contributed by atoms with Gasteiger partial charge in [-0.3, -0.25) is 4.79 Å². The molecule has 0 aliphatic rings. The molecule has 78 valence electrons. The summed E-state index contributed by atoms with van der Waals surface area (Å²) in [5.41, 5.74) is 1.03. The number of amides is 1. The zero-order valence-corrected chi connectivity index (χ0v) is 8.45. The third-order valence-electron chi connectivity index (χ3n) is 1.97. The molecule has 0 unspecified atom stereocenters. The van der Waals surface area contributed by atoms with E-state index in [2.05, 4.69) is 4.98 Å². The van der Waals surface area contributed by atoms with Gasteiger partial charge in [-0.15, -0.1) is 0 Å². The molecule has 5 nitrogen and oxygen atoms in total. The van der Waals surface area contributed by atoms with E-state index in [1.165, 1.54) is 0 Å². The molecule has 1 aromatic heterocycles. The van der Waals surface area contributed by atoms with E-state index in [0.29, 0.717) is 0 Å². The summed E-state index contributed by atoms with van der Waals surface area (Å²) in [6, 6.07) is 8.91. The molecule has 0 radical (unpaired) electrons. The van der Waals surface area contributed by atoms with Crippen molar-refractivity contribution >= 4 is 27.7 Å². The highest BCUT2D eigenvalue weighted by Crippen LogP contribution is 2.14. The number of thiol groups is 1. The van der Waals surface area contributed by atoms with Crippen LogP contribution in [0.1, 0.15) is 10.5 Å². The number of nitrogens with one attached hydrogen (secondary N) is 2. The van der Waals surface area contributed by atoms with Gasteiger partial charge in [0.05, 0.1) is 0 Å². The lowest BCUT2D eigenvalue weighted by atomic mass is 10.2. The second-order valence-electron chi connectivity index (χ2n) is 2.97. The Morgan fingerprint density at radius 3 is 2.67 bits per heavy atom. The van der Waals surface area contributed by atoms with Crippen LogP contribution in [-0.2, 0) is 10.9 Å². The van der Waals surface area contributed by atoms with Crippen molar-refractivity contribution in [3.05, 3.63) is 36.0 Å². The minimum Gasteiger partial charge on any atom is -0.351 e. The predicted molar refractivity (Wildman–Crippen MR) is 56.1 cm³/mol. The van der Waals surface area contributed by atoms with Crippen molar-refractivity contribution in [2.75, 3.05) is 0 Å². The highest BCUT2D eigenvalue weighted by molar-refractivity contribution is 7.71. The summed E-state index contributed by atoms with van der Waals surface area (Å²) in [4.78, 5) is 14.1. The number of benzene rings is 1. The van der Waals surface area contributed by atoms with Crippen LogP contribution in [0.5, 0.6) is 0 Å². The lowest BCUT2D eigenvalue weighted by molar-refractivity contribution is 0.0978. The van der Waals surface area contributed by atoms with Gasteiger partial charge in [-0.25, -0.2) is 13.1 Å². The summed E-state index contributed by atoms with van der Waals surface area (Å²) >= 11 is 0. The summed E-state index contributed by atoms with van der Waals surface area (Å²) in [7, 11) is -2.91. The van der Waals surface area contributed by atoms with Crippen molar-refractivity contribution in [3.8, 4) is 0 Å². The number of hydrogen-bond acceptors (Lipinski definition) is 3. The molecule has 1 aromatic carbocycles. The van der Waals surface area contributed by atoms with Gasteiger partial charge in [-0.2, -0.15) is 0 Å². The molecule has 2 rings (SSSR count). The maximum absolute atomic E-state index is 11.3. The number of carbonyl (C=O) groups excluding carboxylic acids is 1. The van der Waals surface area contributed by atoms with E-state index in [-0.39, 0.29) is 5.69 Å². The Morgan fingerprint density at radius 2 is 2.00 bits per heavy atom. The average molecular weight is 224 g/mol. The van der Waals surface area contributed by atoms with E-state index >= 15 is 0 Å². The molecule has 0 aliphatic heterocycles. The predicted octanol–water partition coefficient (Wildman–Crippen LogP) is 0.424. The molecule has 0 aliphatic carbocycles. The van der Waals surface area contributed by atoms with Crippen LogP contribution >= 0.6 is 0 Å². The Balaban J connectivity index is 2.40. The largest absolute Gasteiger partial charge is 0.351 e. The fourth-order valence-corrected chi connectivity index (χ4v) is 1.63. The summed E-state index contributed by atoms with van der Waals surface area (Å²) in [6.07, 6.45) is 0. The van der Waals surface area contributed by atoms with E-state index in [0.717, 1.165) is 10.9 Å². The molecule has 15 heavy (non-hydrogen) atoms. The van der Waals surface area contributed by atoms with Crippen LogP contribution in [0.4, 0.5) is 0 Å². The number of para-hydroxylation sites is 1. The van der Waals surface area contributed by atoms with Crippen LogP contribution in [0.2, 0.25) is 0 Å². The Labute approximate surface area is 87.2 Å². The van der Waals surface area contributed by atoms with E-state index < -0.39 is 16.8 Å². The summed E-state index contributed by atoms with van der Waals surface area (Å²) in [6.45, 7) is 0. The van der Waals surface area contributed by atoms with Crippen molar-refractivity contribution in [2.24, 2.45) is 0 Å². The number of aromatic nitrogens is 1. The van der Waals surface area contributed by atoms with Gasteiger partial charge in [0, 0.05) is 10.9 Å². The SMILES string of the molecule is O=C(N[SH](=O)=O)c1cc2ccccc2[nH]1. The number of hydrogen-bond donors (Lipinski definition) is 3. The maximum atomic E-state index is 11.3. The fraction of sp³-hybridized carbons (Fsp3) is 0. The number of carbonyl (C=O) groups is 1. The first-order valence-corrected chi connectivity index (χ1v) is 5.38. The van der Waals surface area contributed by atoms with E-state index in [4.69, 9.17) is 0 Å². The molecule has 1 amide bonds. The Morgan fingerprint density at radius 1 is 1.27 bits per heavy atom. The molecule has 0 atom stereocenters. The summed E-state index contributed by atoms with van der Waals surface area (Å²) < 4.78 is 22.4. The average Bonchev–Trinajstić information content (AvgIpc) is 2.59. The van der Waals surface area contributed by atoms with Gasteiger partial charge in [-0.05, 0) is 12.1 Å². The molecular weight excluding hydrogens is 216 g/mol. The van der Waals surface area contributed by atoms with Gasteiger partial charge >= 0.3 is 0 Å².